The Morgan fingerprint density at radius 1 is 0.970 bits per heavy atom. The molecular weight excluding hydrogens is 432 g/mol. The quantitative estimate of drug-likeness (QED) is 0.599. The molecule has 2 aromatic rings. The summed E-state index contributed by atoms with van der Waals surface area (Å²) in [4.78, 5) is 13.2. The van der Waals surface area contributed by atoms with Gasteiger partial charge in [-0.05, 0) is 97.9 Å². The fourth-order valence-electron chi connectivity index (χ4n) is 7.23. The average Bonchev–Trinajstić information content (AvgIpc) is 2.76. The van der Waals surface area contributed by atoms with Crippen LogP contribution in [-0.2, 0) is 20.2 Å². The van der Waals surface area contributed by atoms with Crippen LogP contribution in [0.1, 0.15) is 57.4 Å². The molecule has 4 aliphatic carbocycles. The topological polar surface area (TPSA) is 66.5 Å². The summed E-state index contributed by atoms with van der Waals surface area (Å²) in [5.74, 6) is 2.36. The number of benzene rings is 2. The van der Waals surface area contributed by atoms with Crippen LogP contribution in [0.3, 0.4) is 0 Å². The van der Waals surface area contributed by atoms with E-state index in [9.17, 15) is 13.2 Å². The van der Waals surface area contributed by atoms with Crippen LogP contribution in [0, 0.1) is 17.8 Å². The van der Waals surface area contributed by atoms with Gasteiger partial charge in [0, 0.05) is 5.69 Å². The van der Waals surface area contributed by atoms with Crippen molar-refractivity contribution in [1.29, 1.82) is 0 Å². The van der Waals surface area contributed by atoms with E-state index in [2.05, 4.69) is 17.4 Å². The molecule has 4 bridgehead atoms. The second kappa shape index (κ2) is 8.46. The minimum Gasteiger partial charge on any atom is -0.324 e. The van der Waals surface area contributed by atoms with E-state index in [0.29, 0.717) is 23.2 Å². The van der Waals surface area contributed by atoms with Gasteiger partial charge < -0.3 is 5.32 Å². The highest BCUT2D eigenvalue weighted by molar-refractivity contribution is 7.92. The van der Waals surface area contributed by atoms with Gasteiger partial charge in [0.1, 0.15) is 6.04 Å². The van der Waals surface area contributed by atoms with Gasteiger partial charge in [0.05, 0.1) is 11.9 Å². The Hall–Kier alpha value is -2.34. The van der Waals surface area contributed by atoms with Gasteiger partial charge in [-0.25, -0.2) is 8.42 Å². The largest absolute Gasteiger partial charge is 0.324 e. The van der Waals surface area contributed by atoms with Crippen molar-refractivity contribution in [3.8, 4) is 0 Å². The van der Waals surface area contributed by atoms with Crippen LogP contribution in [-0.4, -0.2) is 26.6 Å². The standard InChI is InChI=1S/C27H34N2O3S/c1-3-25(29(33(2,31)32)24-7-5-4-6-8-24)26(30)28-23-11-9-22(10-12-23)27-16-19-13-20(17-27)15-21(14-19)18-27/h4-12,19-21,25H,3,13-18H2,1-2H3,(H,28,30). The van der Waals surface area contributed by atoms with Gasteiger partial charge in [-0.1, -0.05) is 37.3 Å². The fraction of sp³-hybridized carbons (Fsp3) is 0.519. The van der Waals surface area contributed by atoms with Crippen molar-refractivity contribution < 1.29 is 13.2 Å². The first-order valence-electron chi connectivity index (χ1n) is 12.2. The summed E-state index contributed by atoms with van der Waals surface area (Å²) >= 11 is 0. The van der Waals surface area contributed by atoms with Crippen molar-refractivity contribution in [2.24, 2.45) is 17.8 Å². The lowest BCUT2D eigenvalue weighted by atomic mass is 9.48. The van der Waals surface area contributed by atoms with Gasteiger partial charge in [-0.3, -0.25) is 9.10 Å². The van der Waals surface area contributed by atoms with Crippen molar-refractivity contribution in [3.05, 3.63) is 60.2 Å². The summed E-state index contributed by atoms with van der Waals surface area (Å²) < 4.78 is 26.4. The molecular formula is C27H34N2O3S. The third kappa shape index (κ3) is 4.30. The lowest BCUT2D eigenvalue weighted by Gasteiger charge is -2.57. The molecule has 4 fully saturated rings. The number of hydrogen-bond donors (Lipinski definition) is 1. The molecule has 0 saturated heterocycles. The van der Waals surface area contributed by atoms with E-state index >= 15 is 0 Å². The fourth-order valence-corrected chi connectivity index (χ4v) is 8.44. The van der Waals surface area contributed by atoms with Gasteiger partial charge in [0.15, 0.2) is 0 Å². The predicted octanol–water partition coefficient (Wildman–Crippen LogP) is 5.34. The molecule has 0 radical (unpaired) electrons. The number of carbonyl (C=O) groups is 1. The maximum Gasteiger partial charge on any atom is 0.248 e. The molecule has 0 aliphatic heterocycles. The van der Waals surface area contributed by atoms with Crippen molar-refractivity contribution in [3.63, 3.8) is 0 Å². The SMILES string of the molecule is CCC(C(=O)Nc1ccc(C23CC4CC(CC(C4)C2)C3)cc1)N(c1ccccc1)S(C)(=O)=O. The summed E-state index contributed by atoms with van der Waals surface area (Å²) in [5, 5.41) is 2.97. The molecule has 4 saturated carbocycles. The van der Waals surface area contributed by atoms with Gasteiger partial charge >= 0.3 is 0 Å². The molecule has 33 heavy (non-hydrogen) atoms. The highest BCUT2D eigenvalue weighted by Crippen LogP contribution is 2.60. The number of rotatable bonds is 7. The van der Waals surface area contributed by atoms with Crippen LogP contribution in [0.2, 0.25) is 0 Å². The van der Waals surface area contributed by atoms with Crippen LogP contribution < -0.4 is 9.62 Å². The number of nitrogens with zero attached hydrogens (tertiary/aromatic N) is 1. The molecule has 6 rings (SSSR count). The molecule has 1 N–H and O–H groups in total. The van der Waals surface area contributed by atoms with Gasteiger partial charge in [0.25, 0.3) is 0 Å². The average molecular weight is 467 g/mol. The number of nitrogens with one attached hydrogen (secondary N) is 1. The Morgan fingerprint density at radius 2 is 1.52 bits per heavy atom. The monoisotopic (exact) mass is 466 g/mol. The molecule has 6 heteroatoms. The Balaban J connectivity index is 1.34. The highest BCUT2D eigenvalue weighted by Gasteiger charge is 2.51. The zero-order chi connectivity index (χ0) is 23.2. The van der Waals surface area contributed by atoms with Crippen molar-refractivity contribution in [2.45, 2.75) is 63.3 Å². The van der Waals surface area contributed by atoms with Gasteiger partial charge in [-0.15, -0.1) is 0 Å². The van der Waals surface area contributed by atoms with E-state index in [1.807, 2.05) is 25.1 Å². The normalized spacial score (nSPS) is 29.0. The first-order valence-corrected chi connectivity index (χ1v) is 14.1. The molecule has 0 aromatic heterocycles. The van der Waals surface area contributed by atoms with Crippen molar-refractivity contribution in [2.75, 3.05) is 15.9 Å². The van der Waals surface area contributed by atoms with Gasteiger partial charge in [0.2, 0.25) is 15.9 Å². The summed E-state index contributed by atoms with van der Waals surface area (Å²) in [6.45, 7) is 1.83. The van der Waals surface area contributed by atoms with Crippen molar-refractivity contribution in [1.82, 2.24) is 0 Å². The minimum absolute atomic E-state index is 0.311. The van der Waals surface area contributed by atoms with Crippen molar-refractivity contribution >= 4 is 27.3 Å². The lowest BCUT2D eigenvalue weighted by molar-refractivity contribution is -0.117. The van der Waals surface area contributed by atoms with Crippen LogP contribution in [0.5, 0.6) is 0 Å². The maximum absolute atomic E-state index is 13.2. The van der Waals surface area contributed by atoms with E-state index in [1.54, 1.807) is 24.3 Å². The summed E-state index contributed by atoms with van der Waals surface area (Å²) in [7, 11) is -3.63. The molecule has 4 aliphatic rings. The Labute approximate surface area is 197 Å². The zero-order valence-electron chi connectivity index (χ0n) is 19.5. The summed E-state index contributed by atoms with van der Waals surface area (Å²) in [6, 6.07) is 16.4. The third-order valence-electron chi connectivity index (χ3n) is 8.14. The zero-order valence-corrected chi connectivity index (χ0v) is 20.4. The third-order valence-corrected chi connectivity index (χ3v) is 9.32. The smallest absolute Gasteiger partial charge is 0.248 e. The molecule has 176 valence electrons. The van der Waals surface area contributed by atoms with E-state index in [0.717, 1.165) is 24.0 Å². The molecule has 1 unspecified atom stereocenters. The van der Waals surface area contributed by atoms with Crippen LogP contribution in [0.4, 0.5) is 11.4 Å². The van der Waals surface area contributed by atoms with E-state index < -0.39 is 16.1 Å². The van der Waals surface area contributed by atoms with Crippen LogP contribution in [0.15, 0.2) is 54.6 Å². The summed E-state index contributed by atoms with van der Waals surface area (Å²) in [5.41, 5.74) is 2.95. The molecule has 1 amide bonds. The maximum atomic E-state index is 13.2. The molecule has 0 spiro atoms. The van der Waals surface area contributed by atoms with Crippen LogP contribution >= 0.6 is 0 Å². The Bertz CT molecular complexity index is 1080. The van der Waals surface area contributed by atoms with E-state index in [-0.39, 0.29) is 5.91 Å². The highest BCUT2D eigenvalue weighted by atomic mass is 32.2. The molecule has 5 nitrogen and oxygen atoms in total. The predicted molar refractivity (Wildman–Crippen MR) is 133 cm³/mol. The number of sulfonamides is 1. The number of hydrogen-bond acceptors (Lipinski definition) is 3. The molecule has 0 heterocycles. The minimum atomic E-state index is -3.63. The van der Waals surface area contributed by atoms with Gasteiger partial charge in [-0.2, -0.15) is 0 Å². The first kappa shape index (κ1) is 22.5. The van der Waals surface area contributed by atoms with Crippen LogP contribution in [0.25, 0.3) is 0 Å². The Kier molecular flexibility index (Phi) is 5.76. The summed E-state index contributed by atoms with van der Waals surface area (Å²) in [6.07, 6.45) is 9.71. The number of amides is 1. The van der Waals surface area contributed by atoms with E-state index in [1.165, 1.54) is 48.4 Å². The number of para-hydroxylation sites is 1. The number of anilines is 2. The van der Waals surface area contributed by atoms with E-state index in [4.69, 9.17) is 0 Å². The first-order chi connectivity index (χ1) is 15.8. The molecule has 1 atom stereocenters. The second-order valence-corrected chi connectivity index (χ2v) is 12.4. The Morgan fingerprint density at radius 3 is 2.00 bits per heavy atom. The lowest BCUT2D eigenvalue weighted by Crippen LogP contribution is -2.48. The number of carbonyl (C=O) groups excluding carboxylic acids is 1. The molecule has 2 aromatic carbocycles. The second-order valence-electron chi connectivity index (χ2n) is 10.6.